The maximum absolute atomic E-state index is 10.7. The monoisotopic (exact) mass is 267 g/mol. The quantitative estimate of drug-likeness (QED) is 0.582. The first-order chi connectivity index (χ1) is 6.75. The van der Waals surface area contributed by atoms with Crippen LogP contribution in [0.4, 0.5) is 30.9 Å². The Labute approximate surface area is 88.9 Å². The molecular weight excluding hydrogens is 255 g/mol. The van der Waals surface area contributed by atoms with Crippen molar-refractivity contribution in [3.8, 4) is 0 Å². The third kappa shape index (κ3) is 15.7. The SMILES string of the molecule is C[NH+](C)c1ccccc1.F[P-](F)(F)(F)(F)F. The van der Waals surface area contributed by atoms with E-state index in [1.54, 1.807) is 0 Å². The summed E-state index contributed by atoms with van der Waals surface area (Å²) in [6.07, 6.45) is 0. The molecule has 0 atom stereocenters. The van der Waals surface area contributed by atoms with Gasteiger partial charge in [-0.15, -0.1) is 0 Å². The van der Waals surface area contributed by atoms with Gasteiger partial charge in [0.15, 0.2) is 0 Å². The summed E-state index contributed by atoms with van der Waals surface area (Å²) in [4.78, 5) is 1.37. The van der Waals surface area contributed by atoms with E-state index in [0.29, 0.717) is 0 Å². The Kier molecular flexibility index (Phi) is 3.69. The summed E-state index contributed by atoms with van der Waals surface area (Å²) in [6.45, 7) is 0. The van der Waals surface area contributed by atoms with Crippen molar-refractivity contribution in [2.45, 2.75) is 0 Å². The fourth-order valence-corrected chi connectivity index (χ4v) is 0.771. The summed E-state index contributed by atoms with van der Waals surface area (Å²) < 4.78 is 59.2. The molecule has 0 saturated carbocycles. The zero-order chi connectivity index (χ0) is 13.1. The number of halogens is 6. The van der Waals surface area contributed by atoms with Gasteiger partial charge in [0.25, 0.3) is 0 Å². The van der Waals surface area contributed by atoms with E-state index in [2.05, 4.69) is 38.4 Å². The van der Waals surface area contributed by atoms with Gasteiger partial charge < -0.3 is 4.90 Å². The molecule has 0 saturated heterocycles. The van der Waals surface area contributed by atoms with E-state index in [-0.39, 0.29) is 0 Å². The Balaban J connectivity index is 0.000000293. The zero-order valence-corrected chi connectivity index (χ0v) is 9.50. The van der Waals surface area contributed by atoms with Crippen molar-refractivity contribution in [3.05, 3.63) is 30.3 Å². The van der Waals surface area contributed by atoms with E-state index < -0.39 is 7.81 Å². The number of hydrogen-bond acceptors (Lipinski definition) is 0. The molecule has 0 aliphatic carbocycles. The maximum atomic E-state index is 9.87. The van der Waals surface area contributed by atoms with Gasteiger partial charge in [0.2, 0.25) is 0 Å². The molecule has 0 aliphatic rings. The Hall–Kier alpha value is -0.810. The van der Waals surface area contributed by atoms with E-state index in [9.17, 15) is 25.2 Å². The molecule has 0 radical (unpaired) electrons. The molecule has 0 aromatic heterocycles. The molecule has 0 spiro atoms. The average Bonchev–Trinajstić information content (AvgIpc) is 2.00. The Bertz CT molecular complexity index is 317. The molecule has 16 heavy (non-hydrogen) atoms. The van der Waals surface area contributed by atoms with Gasteiger partial charge in [-0.25, -0.2) is 0 Å². The number of rotatable bonds is 1. The standard InChI is InChI=1S/C8H11N.F6P/c1-9(2)8-6-4-3-5-7-8;1-7(2,3,4,5)6/h3-7H,1-2H3;/q;-1/p+1. The number of nitrogens with one attached hydrogen (secondary N) is 1. The van der Waals surface area contributed by atoms with Gasteiger partial charge in [-0.3, -0.25) is 0 Å². The molecule has 1 aromatic rings. The first kappa shape index (κ1) is 15.2. The predicted molar refractivity (Wildman–Crippen MR) is 52.5 cm³/mol. The summed E-state index contributed by atoms with van der Waals surface area (Å²) in [5.41, 5.74) is 1.33. The van der Waals surface area contributed by atoms with E-state index in [0.717, 1.165) is 0 Å². The van der Waals surface area contributed by atoms with Crippen molar-refractivity contribution < 1.29 is 30.1 Å². The van der Waals surface area contributed by atoms with Crippen LogP contribution in [-0.4, -0.2) is 14.1 Å². The van der Waals surface area contributed by atoms with Gasteiger partial charge in [-0.2, -0.15) is 0 Å². The summed E-state index contributed by atoms with van der Waals surface area (Å²) in [5.74, 6) is 0. The first-order valence-electron chi connectivity index (χ1n) is 4.17. The Morgan fingerprint density at radius 3 is 1.31 bits per heavy atom. The molecule has 1 rings (SSSR count). The van der Waals surface area contributed by atoms with Crippen LogP contribution in [0.1, 0.15) is 0 Å². The van der Waals surface area contributed by atoms with Gasteiger partial charge in [0, 0.05) is 0 Å². The van der Waals surface area contributed by atoms with Crippen LogP contribution < -0.4 is 4.90 Å². The van der Waals surface area contributed by atoms with Crippen molar-refractivity contribution in [2.75, 3.05) is 14.1 Å². The van der Waals surface area contributed by atoms with Crippen LogP contribution in [0.2, 0.25) is 0 Å². The molecule has 0 unspecified atom stereocenters. The van der Waals surface area contributed by atoms with Crippen LogP contribution in [0.5, 0.6) is 0 Å². The van der Waals surface area contributed by atoms with Gasteiger partial charge in [0.05, 0.1) is 14.1 Å². The molecule has 0 heterocycles. The van der Waals surface area contributed by atoms with E-state index >= 15 is 0 Å². The molecular formula is C8H12F6NP. The molecule has 1 N–H and O–H groups in total. The van der Waals surface area contributed by atoms with Gasteiger partial charge in [0.1, 0.15) is 5.69 Å². The third-order valence-electron chi connectivity index (χ3n) is 1.35. The van der Waals surface area contributed by atoms with Crippen molar-refractivity contribution >= 4 is 13.5 Å². The van der Waals surface area contributed by atoms with Crippen LogP contribution in [0.25, 0.3) is 0 Å². The molecule has 1 nitrogen and oxygen atoms in total. The minimum absolute atomic E-state index is 1.33. The molecule has 1 aromatic carbocycles. The molecule has 0 fully saturated rings. The predicted octanol–water partition coefficient (Wildman–Crippen LogP) is 3.85. The van der Waals surface area contributed by atoms with Crippen LogP contribution in [-0.2, 0) is 0 Å². The second kappa shape index (κ2) is 3.89. The number of hydrogen-bond donors (Lipinski definition) is 1. The van der Waals surface area contributed by atoms with E-state index in [4.69, 9.17) is 0 Å². The van der Waals surface area contributed by atoms with E-state index in [1.165, 1.54) is 10.6 Å². The zero-order valence-electron chi connectivity index (χ0n) is 8.60. The summed E-state index contributed by atoms with van der Waals surface area (Å²) in [6, 6.07) is 10.4. The molecule has 0 aliphatic heterocycles. The molecule has 0 amide bonds. The summed E-state index contributed by atoms with van der Waals surface area (Å²) >= 11 is 0. The van der Waals surface area contributed by atoms with Crippen molar-refractivity contribution in [3.63, 3.8) is 0 Å². The van der Waals surface area contributed by atoms with Gasteiger partial charge in [-0.1, -0.05) is 18.2 Å². The van der Waals surface area contributed by atoms with Crippen LogP contribution >= 0.6 is 7.81 Å². The van der Waals surface area contributed by atoms with Crippen LogP contribution in [0.3, 0.4) is 0 Å². The second-order valence-corrected chi connectivity index (χ2v) is 5.24. The van der Waals surface area contributed by atoms with Crippen LogP contribution in [0.15, 0.2) is 30.3 Å². The topological polar surface area (TPSA) is 4.44 Å². The Morgan fingerprint density at radius 1 is 0.812 bits per heavy atom. The molecule has 96 valence electrons. The first-order valence-corrected chi connectivity index (χ1v) is 6.20. The second-order valence-electron chi connectivity index (χ2n) is 3.32. The summed E-state index contributed by atoms with van der Waals surface area (Å²) in [7, 11) is -6.42. The van der Waals surface area contributed by atoms with Gasteiger partial charge in [-0.05, 0) is 12.1 Å². The number of quaternary nitrogens is 1. The Morgan fingerprint density at radius 2 is 1.12 bits per heavy atom. The van der Waals surface area contributed by atoms with E-state index in [1.807, 2.05) is 6.07 Å². The molecule has 8 heteroatoms. The average molecular weight is 267 g/mol. The number of benzene rings is 1. The fourth-order valence-electron chi connectivity index (χ4n) is 0.771. The normalized spacial score (nSPS) is 15.8. The van der Waals surface area contributed by atoms with Crippen molar-refractivity contribution in [1.82, 2.24) is 0 Å². The number of para-hydroxylation sites is 1. The van der Waals surface area contributed by atoms with Gasteiger partial charge >= 0.3 is 33.0 Å². The van der Waals surface area contributed by atoms with Crippen molar-refractivity contribution in [1.29, 1.82) is 0 Å². The fraction of sp³-hybridized carbons (Fsp3) is 0.250. The molecule has 0 bridgehead atoms. The minimum atomic E-state index is -10.7. The third-order valence-corrected chi connectivity index (χ3v) is 1.35. The van der Waals surface area contributed by atoms with Crippen molar-refractivity contribution in [2.24, 2.45) is 0 Å². The van der Waals surface area contributed by atoms with Crippen LogP contribution in [0, 0.1) is 0 Å². The summed E-state index contributed by atoms with van der Waals surface area (Å²) in [5, 5.41) is 0.